The summed E-state index contributed by atoms with van der Waals surface area (Å²) in [5.41, 5.74) is 5.91. The molecule has 1 amide bonds. The number of hydrogen-bond donors (Lipinski definition) is 1. The lowest BCUT2D eigenvalue weighted by Gasteiger charge is -2.34. The predicted molar refractivity (Wildman–Crippen MR) is 61.1 cm³/mol. The Morgan fingerprint density at radius 2 is 2.25 bits per heavy atom. The molecule has 4 heteroatoms. The second-order valence-corrected chi connectivity index (χ2v) is 4.72. The van der Waals surface area contributed by atoms with Gasteiger partial charge in [-0.25, -0.2) is 0 Å². The Morgan fingerprint density at radius 1 is 1.50 bits per heavy atom. The van der Waals surface area contributed by atoms with Crippen molar-refractivity contribution in [3.05, 3.63) is 23.7 Å². The van der Waals surface area contributed by atoms with Crippen molar-refractivity contribution < 1.29 is 9.21 Å². The average Bonchev–Trinajstić information content (AvgIpc) is 2.62. The zero-order valence-corrected chi connectivity index (χ0v) is 9.77. The highest BCUT2D eigenvalue weighted by Crippen LogP contribution is 2.18. The molecule has 0 spiro atoms. The summed E-state index contributed by atoms with van der Waals surface area (Å²) in [6, 6.07) is 3.62. The van der Waals surface area contributed by atoms with E-state index < -0.39 is 0 Å². The summed E-state index contributed by atoms with van der Waals surface area (Å²) in [5, 5.41) is 0. The van der Waals surface area contributed by atoms with E-state index in [4.69, 9.17) is 10.2 Å². The Kier molecular flexibility index (Phi) is 3.01. The van der Waals surface area contributed by atoms with E-state index in [0.29, 0.717) is 18.2 Å². The Labute approximate surface area is 95.4 Å². The topological polar surface area (TPSA) is 59.5 Å². The first-order valence-electron chi connectivity index (χ1n) is 5.67. The minimum Gasteiger partial charge on any atom is -0.456 e. The Morgan fingerprint density at radius 3 is 2.81 bits per heavy atom. The number of piperidine rings is 1. The third-order valence-electron chi connectivity index (χ3n) is 2.93. The molecule has 2 N–H and O–H groups in total. The second kappa shape index (κ2) is 4.29. The van der Waals surface area contributed by atoms with Crippen LogP contribution in [0.1, 0.15) is 29.7 Å². The van der Waals surface area contributed by atoms with Crippen LogP contribution in [0.25, 0.3) is 0 Å². The van der Waals surface area contributed by atoms with Crippen LogP contribution < -0.4 is 5.73 Å². The molecule has 0 saturated carbocycles. The molecule has 16 heavy (non-hydrogen) atoms. The number of carbonyl (C=O) groups excluding carboxylic acids is 1. The van der Waals surface area contributed by atoms with Crippen molar-refractivity contribution in [2.45, 2.75) is 26.3 Å². The van der Waals surface area contributed by atoms with Gasteiger partial charge in [0, 0.05) is 19.1 Å². The monoisotopic (exact) mass is 222 g/mol. The maximum atomic E-state index is 12.1. The van der Waals surface area contributed by atoms with E-state index in [-0.39, 0.29) is 11.9 Å². The minimum atomic E-state index is -0.0462. The standard InChI is InChI=1S/C12H18N2O2/c1-8-5-10(13)7-14(6-8)12(15)11-4-3-9(2)16-11/h3-4,8,10H,5-7,13H2,1-2H3. The van der Waals surface area contributed by atoms with Crippen LogP contribution in [-0.2, 0) is 0 Å². The predicted octanol–water partition coefficient (Wildman–Crippen LogP) is 1.40. The lowest BCUT2D eigenvalue weighted by molar-refractivity contribution is 0.0627. The smallest absolute Gasteiger partial charge is 0.289 e. The third kappa shape index (κ3) is 2.27. The van der Waals surface area contributed by atoms with E-state index in [9.17, 15) is 4.79 Å². The number of nitrogens with two attached hydrogens (primary N) is 1. The van der Waals surface area contributed by atoms with Gasteiger partial charge in [-0.1, -0.05) is 6.92 Å². The molecule has 2 unspecified atom stereocenters. The molecule has 88 valence electrons. The van der Waals surface area contributed by atoms with Gasteiger partial charge < -0.3 is 15.1 Å². The van der Waals surface area contributed by atoms with E-state index in [1.165, 1.54) is 0 Å². The van der Waals surface area contributed by atoms with Crippen molar-refractivity contribution in [1.29, 1.82) is 0 Å². The molecule has 0 aromatic carbocycles. The fourth-order valence-corrected chi connectivity index (χ4v) is 2.27. The molecular formula is C12H18N2O2. The van der Waals surface area contributed by atoms with Gasteiger partial charge in [0.2, 0.25) is 0 Å². The maximum absolute atomic E-state index is 12.1. The first kappa shape index (κ1) is 11.2. The number of aryl methyl sites for hydroxylation is 1. The maximum Gasteiger partial charge on any atom is 0.289 e. The van der Waals surface area contributed by atoms with Crippen molar-refractivity contribution in [2.75, 3.05) is 13.1 Å². The highest BCUT2D eigenvalue weighted by atomic mass is 16.3. The highest BCUT2D eigenvalue weighted by molar-refractivity contribution is 5.91. The van der Waals surface area contributed by atoms with Crippen molar-refractivity contribution in [3.63, 3.8) is 0 Å². The highest BCUT2D eigenvalue weighted by Gasteiger charge is 2.27. The van der Waals surface area contributed by atoms with Crippen LogP contribution in [0.5, 0.6) is 0 Å². The van der Waals surface area contributed by atoms with Crippen LogP contribution in [0.15, 0.2) is 16.5 Å². The Bertz CT molecular complexity index is 376. The number of rotatable bonds is 1. The SMILES string of the molecule is Cc1ccc(C(=O)N2CC(C)CC(N)C2)o1. The lowest BCUT2D eigenvalue weighted by Crippen LogP contribution is -2.48. The fraction of sp³-hybridized carbons (Fsp3) is 0.583. The van der Waals surface area contributed by atoms with Crippen LogP contribution >= 0.6 is 0 Å². The fourth-order valence-electron chi connectivity index (χ4n) is 2.27. The number of furan rings is 1. The number of carbonyl (C=O) groups is 1. The molecule has 1 aromatic rings. The van der Waals surface area contributed by atoms with Gasteiger partial charge in [-0.3, -0.25) is 4.79 Å². The third-order valence-corrected chi connectivity index (χ3v) is 2.93. The number of likely N-dealkylation sites (tertiary alicyclic amines) is 1. The normalized spacial score (nSPS) is 25.8. The van der Waals surface area contributed by atoms with Crippen LogP contribution in [-0.4, -0.2) is 29.9 Å². The van der Waals surface area contributed by atoms with E-state index >= 15 is 0 Å². The van der Waals surface area contributed by atoms with Crippen LogP contribution in [0, 0.1) is 12.8 Å². The van der Waals surface area contributed by atoms with Crippen molar-refractivity contribution in [2.24, 2.45) is 11.7 Å². The molecule has 1 aliphatic heterocycles. The molecule has 0 bridgehead atoms. The second-order valence-electron chi connectivity index (χ2n) is 4.72. The first-order chi connectivity index (χ1) is 7.56. The molecule has 1 fully saturated rings. The van der Waals surface area contributed by atoms with E-state index in [2.05, 4.69) is 6.92 Å². The molecular weight excluding hydrogens is 204 g/mol. The molecule has 2 atom stereocenters. The molecule has 1 aromatic heterocycles. The zero-order valence-electron chi connectivity index (χ0n) is 9.77. The average molecular weight is 222 g/mol. The minimum absolute atomic E-state index is 0.0462. The largest absolute Gasteiger partial charge is 0.456 e. The van der Waals surface area contributed by atoms with Crippen LogP contribution in [0.4, 0.5) is 0 Å². The molecule has 2 rings (SSSR count). The van der Waals surface area contributed by atoms with Gasteiger partial charge >= 0.3 is 0 Å². The van der Waals surface area contributed by atoms with E-state index in [1.807, 2.05) is 6.92 Å². The van der Waals surface area contributed by atoms with Crippen LogP contribution in [0.3, 0.4) is 0 Å². The first-order valence-corrected chi connectivity index (χ1v) is 5.67. The number of nitrogens with zero attached hydrogens (tertiary/aromatic N) is 1. The molecule has 1 saturated heterocycles. The van der Waals surface area contributed by atoms with Gasteiger partial charge in [0.05, 0.1) is 0 Å². The summed E-state index contributed by atoms with van der Waals surface area (Å²) in [5.74, 6) is 1.59. The molecule has 1 aliphatic rings. The van der Waals surface area contributed by atoms with E-state index in [1.54, 1.807) is 17.0 Å². The van der Waals surface area contributed by atoms with Crippen molar-refractivity contribution >= 4 is 5.91 Å². The van der Waals surface area contributed by atoms with Crippen LogP contribution in [0.2, 0.25) is 0 Å². The van der Waals surface area contributed by atoms with E-state index in [0.717, 1.165) is 18.7 Å². The summed E-state index contributed by atoms with van der Waals surface area (Å²) >= 11 is 0. The quantitative estimate of drug-likeness (QED) is 0.781. The summed E-state index contributed by atoms with van der Waals surface area (Å²) in [7, 11) is 0. The summed E-state index contributed by atoms with van der Waals surface area (Å²) in [6.45, 7) is 5.35. The lowest BCUT2D eigenvalue weighted by atomic mass is 9.96. The van der Waals surface area contributed by atoms with Gasteiger partial charge in [0.25, 0.3) is 5.91 Å². The van der Waals surface area contributed by atoms with Gasteiger partial charge in [0.15, 0.2) is 5.76 Å². The summed E-state index contributed by atoms with van der Waals surface area (Å²) < 4.78 is 5.34. The Balaban J connectivity index is 2.09. The van der Waals surface area contributed by atoms with Gasteiger partial charge in [-0.15, -0.1) is 0 Å². The van der Waals surface area contributed by atoms with Gasteiger partial charge in [0.1, 0.15) is 5.76 Å². The number of hydrogen-bond acceptors (Lipinski definition) is 3. The van der Waals surface area contributed by atoms with Crippen molar-refractivity contribution in [3.8, 4) is 0 Å². The zero-order chi connectivity index (χ0) is 11.7. The Hall–Kier alpha value is -1.29. The number of amides is 1. The molecule has 0 radical (unpaired) electrons. The van der Waals surface area contributed by atoms with Crippen molar-refractivity contribution in [1.82, 2.24) is 4.90 Å². The summed E-state index contributed by atoms with van der Waals surface area (Å²) in [4.78, 5) is 13.9. The molecule has 0 aliphatic carbocycles. The molecule has 2 heterocycles. The van der Waals surface area contributed by atoms with Gasteiger partial charge in [-0.2, -0.15) is 0 Å². The summed E-state index contributed by atoms with van der Waals surface area (Å²) in [6.07, 6.45) is 0.987. The van der Waals surface area contributed by atoms with Gasteiger partial charge in [-0.05, 0) is 31.4 Å². The molecule has 4 nitrogen and oxygen atoms in total.